The Bertz CT molecular complexity index is 332. The van der Waals surface area contributed by atoms with E-state index in [-0.39, 0.29) is 11.8 Å². The molecule has 0 aromatic heterocycles. The lowest BCUT2D eigenvalue weighted by Gasteiger charge is -2.15. The molecule has 0 aliphatic heterocycles. The lowest BCUT2D eigenvalue weighted by Crippen LogP contribution is -2.19. The number of hydrogen-bond donors (Lipinski definition) is 1. The van der Waals surface area contributed by atoms with E-state index in [1.807, 2.05) is 31.2 Å². The van der Waals surface area contributed by atoms with E-state index in [0.717, 1.165) is 12.0 Å². The minimum absolute atomic E-state index is 0.128. The minimum atomic E-state index is -0.739. The van der Waals surface area contributed by atoms with Gasteiger partial charge in [0.15, 0.2) is 0 Å². The number of aliphatic carboxylic acids is 1. The summed E-state index contributed by atoms with van der Waals surface area (Å²) in [4.78, 5) is 10.8. The molecule has 1 rings (SSSR count). The summed E-state index contributed by atoms with van der Waals surface area (Å²) in [6.07, 6.45) is 0.768. The van der Waals surface area contributed by atoms with Gasteiger partial charge in [-0.05, 0) is 30.0 Å². The summed E-state index contributed by atoms with van der Waals surface area (Å²) in [5, 5.41) is 9.56. The van der Waals surface area contributed by atoms with Gasteiger partial charge in [-0.3, -0.25) is 4.79 Å². The smallest absolute Gasteiger partial charge is 0.306 e. The van der Waals surface area contributed by atoms with Crippen molar-refractivity contribution in [1.82, 2.24) is 0 Å². The van der Waals surface area contributed by atoms with Gasteiger partial charge >= 0.3 is 5.97 Å². The molecule has 1 aromatic carbocycles. The van der Waals surface area contributed by atoms with E-state index in [2.05, 4.69) is 0 Å². The standard InChI is InChI=1S/C12H15ClO2/c1-8(9(2)12(14)15)7-10-3-5-11(13)6-4-10/h3-6,8-9H,7H2,1-2H3,(H,14,15)/t8-,9-/m1/s1. The van der Waals surface area contributed by atoms with Crippen LogP contribution in [0.5, 0.6) is 0 Å². The summed E-state index contributed by atoms with van der Waals surface area (Å²) in [7, 11) is 0. The third-order valence-electron chi connectivity index (χ3n) is 2.71. The second-order valence-electron chi connectivity index (χ2n) is 3.93. The number of carbonyl (C=O) groups is 1. The summed E-state index contributed by atoms with van der Waals surface area (Å²) in [6, 6.07) is 7.53. The number of carboxylic acids is 1. The molecule has 0 spiro atoms. The summed E-state index contributed by atoms with van der Waals surface area (Å²) < 4.78 is 0. The molecule has 0 heterocycles. The molecule has 2 nitrogen and oxygen atoms in total. The van der Waals surface area contributed by atoms with Crippen molar-refractivity contribution in [2.45, 2.75) is 20.3 Å². The molecular formula is C12H15ClO2. The molecule has 3 heteroatoms. The van der Waals surface area contributed by atoms with E-state index >= 15 is 0 Å². The second-order valence-corrected chi connectivity index (χ2v) is 4.37. The molecule has 1 N–H and O–H groups in total. The first kappa shape index (κ1) is 12.1. The highest BCUT2D eigenvalue weighted by molar-refractivity contribution is 6.30. The van der Waals surface area contributed by atoms with Crippen LogP contribution in [0, 0.1) is 11.8 Å². The number of hydrogen-bond acceptors (Lipinski definition) is 1. The monoisotopic (exact) mass is 226 g/mol. The summed E-state index contributed by atoms with van der Waals surface area (Å²) in [5.41, 5.74) is 1.13. The lowest BCUT2D eigenvalue weighted by atomic mass is 9.90. The van der Waals surface area contributed by atoms with Crippen molar-refractivity contribution < 1.29 is 9.90 Å². The topological polar surface area (TPSA) is 37.3 Å². The Morgan fingerprint density at radius 3 is 2.33 bits per heavy atom. The maximum atomic E-state index is 10.8. The fraction of sp³-hybridized carbons (Fsp3) is 0.417. The number of rotatable bonds is 4. The van der Waals surface area contributed by atoms with Crippen molar-refractivity contribution in [2.24, 2.45) is 11.8 Å². The van der Waals surface area contributed by atoms with E-state index in [1.54, 1.807) is 6.92 Å². The molecule has 0 aliphatic carbocycles. The van der Waals surface area contributed by atoms with E-state index in [1.165, 1.54) is 0 Å². The third kappa shape index (κ3) is 3.56. The molecule has 2 atom stereocenters. The van der Waals surface area contributed by atoms with Gasteiger partial charge in [0, 0.05) is 5.02 Å². The maximum Gasteiger partial charge on any atom is 0.306 e. The summed E-state index contributed by atoms with van der Waals surface area (Å²) >= 11 is 5.77. The lowest BCUT2D eigenvalue weighted by molar-refractivity contribution is -0.142. The van der Waals surface area contributed by atoms with Crippen LogP contribution in [0.25, 0.3) is 0 Å². The van der Waals surface area contributed by atoms with Gasteiger partial charge in [0.05, 0.1) is 5.92 Å². The van der Waals surface area contributed by atoms with Crippen LogP contribution in [0.1, 0.15) is 19.4 Å². The quantitative estimate of drug-likeness (QED) is 0.856. The molecule has 0 bridgehead atoms. The fourth-order valence-corrected chi connectivity index (χ4v) is 1.54. The Labute approximate surface area is 94.9 Å². The van der Waals surface area contributed by atoms with Gasteiger partial charge in [0.25, 0.3) is 0 Å². The first-order chi connectivity index (χ1) is 7.00. The zero-order valence-corrected chi connectivity index (χ0v) is 9.66. The van der Waals surface area contributed by atoms with Gasteiger partial charge in [-0.1, -0.05) is 37.6 Å². The van der Waals surface area contributed by atoms with Crippen LogP contribution in [-0.2, 0) is 11.2 Å². The van der Waals surface area contributed by atoms with Crippen LogP contribution in [0.4, 0.5) is 0 Å². The molecule has 0 unspecified atom stereocenters. The highest BCUT2D eigenvalue weighted by atomic mass is 35.5. The van der Waals surface area contributed by atoms with Crippen molar-refractivity contribution >= 4 is 17.6 Å². The molecule has 0 radical (unpaired) electrons. The molecule has 82 valence electrons. The molecule has 0 fully saturated rings. The maximum absolute atomic E-state index is 10.8. The molecule has 0 amide bonds. The number of benzene rings is 1. The zero-order valence-electron chi connectivity index (χ0n) is 8.90. The van der Waals surface area contributed by atoms with E-state index in [9.17, 15) is 4.79 Å². The highest BCUT2D eigenvalue weighted by Gasteiger charge is 2.19. The van der Waals surface area contributed by atoms with Gasteiger partial charge in [0.1, 0.15) is 0 Å². The molecule has 0 aliphatic rings. The van der Waals surface area contributed by atoms with Gasteiger partial charge < -0.3 is 5.11 Å². The first-order valence-corrected chi connectivity index (χ1v) is 5.35. The first-order valence-electron chi connectivity index (χ1n) is 4.98. The van der Waals surface area contributed by atoms with Gasteiger partial charge in [0.2, 0.25) is 0 Å². The average Bonchev–Trinajstić information content (AvgIpc) is 2.20. The number of carboxylic acid groups (broad SMARTS) is 1. The molecular weight excluding hydrogens is 212 g/mol. The summed E-state index contributed by atoms with van der Waals surface area (Å²) in [6.45, 7) is 3.69. The van der Waals surface area contributed by atoms with Gasteiger partial charge in [-0.25, -0.2) is 0 Å². The minimum Gasteiger partial charge on any atom is -0.481 e. The van der Waals surface area contributed by atoms with Crippen molar-refractivity contribution in [2.75, 3.05) is 0 Å². The van der Waals surface area contributed by atoms with Crippen molar-refractivity contribution in [3.8, 4) is 0 Å². The Kier molecular flexibility index (Phi) is 4.15. The van der Waals surface area contributed by atoms with Crippen LogP contribution in [-0.4, -0.2) is 11.1 Å². The Morgan fingerprint density at radius 2 is 1.87 bits per heavy atom. The van der Waals surface area contributed by atoms with E-state index < -0.39 is 5.97 Å². The van der Waals surface area contributed by atoms with Crippen LogP contribution < -0.4 is 0 Å². The molecule has 15 heavy (non-hydrogen) atoms. The summed E-state index contributed by atoms with van der Waals surface area (Å²) in [5.74, 6) is -0.930. The van der Waals surface area contributed by atoms with Crippen molar-refractivity contribution in [3.05, 3.63) is 34.9 Å². The normalized spacial score (nSPS) is 14.6. The molecule has 0 saturated carbocycles. The van der Waals surface area contributed by atoms with Crippen LogP contribution in [0.15, 0.2) is 24.3 Å². The second kappa shape index (κ2) is 5.17. The van der Waals surface area contributed by atoms with Crippen molar-refractivity contribution in [1.29, 1.82) is 0 Å². The van der Waals surface area contributed by atoms with E-state index in [4.69, 9.17) is 16.7 Å². The number of halogens is 1. The van der Waals surface area contributed by atoms with Gasteiger partial charge in [-0.15, -0.1) is 0 Å². The van der Waals surface area contributed by atoms with Crippen LogP contribution in [0.2, 0.25) is 5.02 Å². The zero-order chi connectivity index (χ0) is 11.4. The predicted molar refractivity (Wildman–Crippen MR) is 61.1 cm³/mol. The highest BCUT2D eigenvalue weighted by Crippen LogP contribution is 2.18. The predicted octanol–water partition coefficient (Wildman–Crippen LogP) is 3.24. The van der Waals surface area contributed by atoms with Crippen molar-refractivity contribution in [3.63, 3.8) is 0 Å². The van der Waals surface area contributed by atoms with Crippen LogP contribution >= 0.6 is 11.6 Å². The third-order valence-corrected chi connectivity index (χ3v) is 2.97. The SMILES string of the molecule is C[C@H](Cc1ccc(Cl)cc1)[C@@H](C)C(=O)O. The Morgan fingerprint density at radius 1 is 1.33 bits per heavy atom. The van der Waals surface area contributed by atoms with Crippen LogP contribution in [0.3, 0.4) is 0 Å². The largest absolute Gasteiger partial charge is 0.481 e. The Balaban J connectivity index is 2.62. The molecule has 1 aromatic rings. The average molecular weight is 227 g/mol. The molecule has 0 saturated heterocycles. The van der Waals surface area contributed by atoms with E-state index in [0.29, 0.717) is 5.02 Å². The fourth-order valence-electron chi connectivity index (χ4n) is 1.41. The Hall–Kier alpha value is -1.02. The van der Waals surface area contributed by atoms with Gasteiger partial charge in [-0.2, -0.15) is 0 Å².